The first-order valence-corrected chi connectivity index (χ1v) is 6.84. The standard InChI is InChI=1S/C15H10N2O2S/c16-8-11-3-5-13(6-4-11)19-9-12-10-20-15(17-12)14-2-1-7-18-14/h1-7,10H,9H2. The normalized spacial score (nSPS) is 10.2. The van der Waals surface area contributed by atoms with Crippen LogP contribution < -0.4 is 4.74 Å². The maximum atomic E-state index is 8.72. The average molecular weight is 282 g/mol. The Kier molecular flexibility index (Phi) is 3.48. The van der Waals surface area contributed by atoms with Crippen LogP contribution in [-0.4, -0.2) is 4.98 Å². The Morgan fingerprint density at radius 1 is 1.25 bits per heavy atom. The van der Waals surface area contributed by atoms with Crippen molar-refractivity contribution in [2.45, 2.75) is 6.61 Å². The van der Waals surface area contributed by atoms with Gasteiger partial charge in [-0.2, -0.15) is 5.26 Å². The third-order valence-corrected chi connectivity index (χ3v) is 3.56. The lowest BCUT2D eigenvalue weighted by atomic mass is 10.2. The molecule has 2 aromatic heterocycles. The van der Waals surface area contributed by atoms with Crippen molar-refractivity contribution in [1.29, 1.82) is 5.26 Å². The van der Waals surface area contributed by atoms with Crippen LogP contribution in [0.1, 0.15) is 11.3 Å². The Bertz CT molecular complexity index is 724. The Morgan fingerprint density at radius 3 is 2.80 bits per heavy atom. The molecule has 0 bridgehead atoms. The van der Waals surface area contributed by atoms with Gasteiger partial charge in [0, 0.05) is 5.38 Å². The number of hydrogen-bond acceptors (Lipinski definition) is 5. The van der Waals surface area contributed by atoms with Crippen LogP contribution in [0.5, 0.6) is 5.75 Å². The van der Waals surface area contributed by atoms with Crippen LogP contribution in [0, 0.1) is 11.3 Å². The van der Waals surface area contributed by atoms with E-state index in [4.69, 9.17) is 14.4 Å². The number of nitrogens with zero attached hydrogens (tertiary/aromatic N) is 2. The highest BCUT2D eigenvalue weighted by Gasteiger charge is 2.07. The van der Waals surface area contributed by atoms with Gasteiger partial charge in [0.2, 0.25) is 0 Å². The van der Waals surface area contributed by atoms with Crippen LogP contribution in [0.4, 0.5) is 0 Å². The van der Waals surface area contributed by atoms with Crippen LogP contribution in [0.2, 0.25) is 0 Å². The van der Waals surface area contributed by atoms with Gasteiger partial charge in [0.25, 0.3) is 0 Å². The molecule has 2 heterocycles. The summed E-state index contributed by atoms with van der Waals surface area (Å²) < 4.78 is 10.9. The lowest BCUT2D eigenvalue weighted by molar-refractivity contribution is 0.302. The predicted octanol–water partition coefficient (Wildman–Crippen LogP) is 3.85. The van der Waals surface area contributed by atoms with Crippen molar-refractivity contribution in [2.75, 3.05) is 0 Å². The minimum absolute atomic E-state index is 0.392. The van der Waals surface area contributed by atoms with E-state index in [0.717, 1.165) is 22.2 Å². The van der Waals surface area contributed by atoms with E-state index in [1.54, 1.807) is 30.5 Å². The first kappa shape index (κ1) is 12.5. The first-order chi connectivity index (χ1) is 9.85. The highest BCUT2D eigenvalue weighted by Crippen LogP contribution is 2.24. The molecule has 0 spiro atoms. The topological polar surface area (TPSA) is 59.0 Å². The highest BCUT2D eigenvalue weighted by atomic mass is 32.1. The highest BCUT2D eigenvalue weighted by molar-refractivity contribution is 7.13. The number of thiazole rings is 1. The summed E-state index contributed by atoms with van der Waals surface area (Å²) in [7, 11) is 0. The maximum Gasteiger partial charge on any atom is 0.162 e. The molecule has 0 saturated heterocycles. The van der Waals surface area contributed by atoms with E-state index in [1.165, 1.54) is 11.3 Å². The molecule has 0 saturated carbocycles. The molecule has 20 heavy (non-hydrogen) atoms. The van der Waals surface area contributed by atoms with Crippen LogP contribution in [-0.2, 0) is 6.61 Å². The Hall–Kier alpha value is -2.58. The molecule has 0 amide bonds. The number of furan rings is 1. The average Bonchev–Trinajstić information content (AvgIpc) is 3.16. The van der Waals surface area contributed by atoms with Crippen LogP contribution in [0.25, 0.3) is 10.8 Å². The second kappa shape index (κ2) is 5.59. The number of rotatable bonds is 4. The molecule has 0 aliphatic carbocycles. The van der Waals surface area contributed by atoms with Crippen molar-refractivity contribution in [1.82, 2.24) is 4.98 Å². The largest absolute Gasteiger partial charge is 0.487 e. The molecule has 3 aromatic rings. The summed E-state index contributed by atoms with van der Waals surface area (Å²) in [5, 5.41) is 11.5. The van der Waals surface area contributed by atoms with Crippen molar-refractivity contribution in [3.8, 4) is 22.6 Å². The third-order valence-electron chi connectivity index (χ3n) is 2.65. The molecule has 0 atom stereocenters. The van der Waals surface area contributed by atoms with E-state index in [1.807, 2.05) is 17.5 Å². The van der Waals surface area contributed by atoms with E-state index >= 15 is 0 Å². The van der Waals surface area contributed by atoms with Gasteiger partial charge in [-0.05, 0) is 36.4 Å². The summed E-state index contributed by atoms with van der Waals surface area (Å²) in [6, 6.07) is 12.8. The quantitative estimate of drug-likeness (QED) is 0.729. The molecule has 0 aliphatic rings. The van der Waals surface area contributed by atoms with E-state index in [0.29, 0.717) is 12.2 Å². The second-order valence-corrected chi connectivity index (χ2v) is 4.90. The van der Waals surface area contributed by atoms with Crippen molar-refractivity contribution in [3.63, 3.8) is 0 Å². The smallest absolute Gasteiger partial charge is 0.162 e. The van der Waals surface area contributed by atoms with E-state index < -0.39 is 0 Å². The molecule has 4 nitrogen and oxygen atoms in total. The molecule has 1 aromatic carbocycles. The van der Waals surface area contributed by atoms with Gasteiger partial charge in [0.05, 0.1) is 23.6 Å². The summed E-state index contributed by atoms with van der Waals surface area (Å²) in [4.78, 5) is 4.45. The van der Waals surface area contributed by atoms with Crippen LogP contribution in [0.3, 0.4) is 0 Å². The van der Waals surface area contributed by atoms with E-state index in [9.17, 15) is 0 Å². The zero-order valence-electron chi connectivity index (χ0n) is 10.4. The van der Waals surface area contributed by atoms with Gasteiger partial charge in [-0.3, -0.25) is 0 Å². The number of nitriles is 1. The molecular weight excluding hydrogens is 272 g/mol. The molecule has 0 N–H and O–H groups in total. The Labute approximate surface area is 119 Å². The molecular formula is C15H10N2O2S. The van der Waals surface area contributed by atoms with Gasteiger partial charge in [-0.15, -0.1) is 11.3 Å². The summed E-state index contributed by atoms with van der Waals surface area (Å²) in [5.74, 6) is 1.48. The van der Waals surface area contributed by atoms with E-state index in [2.05, 4.69) is 11.1 Å². The summed E-state index contributed by atoms with van der Waals surface area (Å²) in [6.07, 6.45) is 1.63. The van der Waals surface area contributed by atoms with Crippen molar-refractivity contribution >= 4 is 11.3 Å². The van der Waals surface area contributed by atoms with Gasteiger partial charge in [0.15, 0.2) is 10.8 Å². The summed E-state index contributed by atoms with van der Waals surface area (Å²) in [5.41, 5.74) is 1.47. The number of hydrogen-bond donors (Lipinski definition) is 0. The third kappa shape index (κ3) is 2.71. The van der Waals surface area contributed by atoms with Crippen molar-refractivity contribution in [3.05, 3.63) is 59.3 Å². The molecule has 0 aliphatic heterocycles. The lowest BCUT2D eigenvalue weighted by Crippen LogP contribution is -1.95. The molecule has 0 fully saturated rings. The second-order valence-electron chi connectivity index (χ2n) is 4.05. The van der Waals surface area contributed by atoms with Gasteiger partial charge >= 0.3 is 0 Å². The minimum atomic E-state index is 0.392. The fourth-order valence-electron chi connectivity index (χ4n) is 1.67. The minimum Gasteiger partial charge on any atom is -0.487 e. The first-order valence-electron chi connectivity index (χ1n) is 5.96. The van der Waals surface area contributed by atoms with Crippen LogP contribution >= 0.6 is 11.3 Å². The van der Waals surface area contributed by atoms with Gasteiger partial charge in [-0.1, -0.05) is 0 Å². The summed E-state index contributed by atoms with van der Waals surface area (Å²) >= 11 is 1.52. The van der Waals surface area contributed by atoms with Crippen LogP contribution in [0.15, 0.2) is 52.5 Å². The lowest BCUT2D eigenvalue weighted by Gasteiger charge is -2.03. The summed E-state index contributed by atoms with van der Waals surface area (Å²) in [6.45, 7) is 0.392. The molecule has 0 unspecified atom stereocenters. The van der Waals surface area contributed by atoms with Crippen molar-refractivity contribution < 1.29 is 9.15 Å². The number of benzene rings is 1. The predicted molar refractivity (Wildman–Crippen MR) is 75.3 cm³/mol. The maximum absolute atomic E-state index is 8.72. The zero-order chi connectivity index (χ0) is 13.8. The monoisotopic (exact) mass is 282 g/mol. The van der Waals surface area contributed by atoms with Gasteiger partial charge in [0.1, 0.15) is 12.4 Å². The zero-order valence-corrected chi connectivity index (χ0v) is 11.3. The Morgan fingerprint density at radius 2 is 2.10 bits per heavy atom. The van der Waals surface area contributed by atoms with Gasteiger partial charge in [-0.25, -0.2) is 4.98 Å². The SMILES string of the molecule is N#Cc1ccc(OCc2csc(-c3ccco3)n2)cc1. The fraction of sp³-hybridized carbons (Fsp3) is 0.0667. The number of ether oxygens (including phenoxy) is 1. The van der Waals surface area contributed by atoms with Crippen molar-refractivity contribution in [2.24, 2.45) is 0 Å². The molecule has 98 valence electrons. The van der Waals surface area contributed by atoms with Gasteiger partial charge < -0.3 is 9.15 Å². The molecule has 5 heteroatoms. The Balaban J connectivity index is 1.65. The van der Waals surface area contributed by atoms with E-state index in [-0.39, 0.29) is 0 Å². The number of aromatic nitrogens is 1. The molecule has 0 radical (unpaired) electrons. The fourth-order valence-corrected chi connectivity index (χ4v) is 2.44. The molecule has 3 rings (SSSR count).